The molecule has 0 atom stereocenters. The molecule has 3 heteroatoms. The molecule has 0 unspecified atom stereocenters. The summed E-state index contributed by atoms with van der Waals surface area (Å²) in [5.74, 6) is 0. The normalized spacial score (nSPS) is 11.2. The summed E-state index contributed by atoms with van der Waals surface area (Å²) in [6.07, 6.45) is 0. The Hall–Kier alpha value is -6.71. The maximum atomic E-state index is 5.24. The molecule has 2 aromatic heterocycles. The number of hydrogen-bond acceptors (Lipinski definition) is 2. The molecule has 236 valence electrons. The number of benzene rings is 7. The van der Waals surface area contributed by atoms with Crippen LogP contribution in [0, 0.1) is 0 Å². The zero-order chi connectivity index (χ0) is 33.3. The molecule has 2 heterocycles. The summed E-state index contributed by atoms with van der Waals surface area (Å²) in [4.78, 5) is 2.38. The van der Waals surface area contributed by atoms with E-state index in [1.165, 1.54) is 22.3 Å². The van der Waals surface area contributed by atoms with Gasteiger partial charge in [0.2, 0.25) is 0 Å². The van der Waals surface area contributed by atoms with Gasteiger partial charge in [-0.05, 0) is 70.1 Å². The van der Waals surface area contributed by atoms with Gasteiger partial charge in [-0.1, -0.05) is 158 Å². The molecular formula is C47H33N3. The lowest BCUT2D eigenvalue weighted by molar-refractivity contribution is 0.979. The van der Waals surface area contributed by atoms with Crippen LogP contribution in [0.25, 0.3) is 61.1 Å². The van der Waals surface area contributed by atoms with Gasteiger partial charge in [-0.2, -0.15) is 5.10 Å². The number of anilines is 3. The molecule has 9 rings (SSSR count). The quantitative estimate of drug-likeness (QED) is 0.173. The molecule has 0 aliphatic carbocycles. The first kappa shape index (κ1) is 29.4. The number of nitrogens with zero attached hydrogens (tertiary/aromatic N) is 3. The minimum absolute atomic E-state index is 0.941. The van der Waals surface area contributed by atoms with Gasteiger partial charge in [0.25, 0.3) is 0 Å². The summed E-state index contributed by atoms with van der Waals surface area (Å²) >= 11 is 0. The zero-order valence-corrected chi connectivity index (χ0v) is 27.4. The standard InChI is InChI=1S/C47H33N3/c1-5-14-34(15-6-1)36-24-28-41(29-25-36)49(42-30-26-37(27-31-42)35-16-7-2-8-17-35)44-23-13-22-40-32-45(39-20-11-4-12-21-39)50-46(47(40)44)33-43(48-50)38-18-9-3-10-19-38/h1-33H. The van der Waals surface area contributed by atoms with Crippen LogP contribution in [-0.4, -0.2) is 9.61 Å². The van der Waals surface area contributed by atoms with Gasteiger partial charge in [-0.25, -0.2) is 4.52 Å². The molecule has 0 saturated carbocycles. The highest BCUT2D eigenvalue weighted by Crippen LogP contribution is 2.43. The third kappa shape index (κ3) is 5.41. The molecule has 0 aliphatic rings. The fraction of sp³-hybridized carbons (Fsp3) is 0. The van der Waals surface area contributed by atoms with Gasteiger partial charge < -0.3 is 4.90 Å². The first-order valence-corrected chi connectivity index (χ1v) is 17.0. The second-order valence-electron chi connectivity index (χ2n) is 12.5. The number of hydrogen-bond donors (Lipinski definition) is 0. The van der Waals surface area contributed by atoms with Gasteiger partial charge in [0.05, 0.1) is 22.6 Å². The fourth-order valence-electron chi connectivity index (χ4n) is 6.95. The van der Waals surface area contributed by atoms with Crippen molar-refractivity contribution in [2.24, 2.45) is 0 Å². The lowest BCUT2D eigenvalue weighted by atomic mass is 10.0. The van der Waals surface area contributed by atoms with Crippen molar-refractivity contribution in [2.75, 3.05) is 4.90 Å². The van der Waals surface area contributed by atoms with Gasteiger partial charge in [-0.15, -0.1) is 0 Å². The third-order valence-electron chi connectivity index (χ3n) is 9.41. The Kier molecular flexibility index (Phi) is 7.49. The summed E-state index contributed by atoms with van der Waals surface area (Å²) < 4.78 is 2.12. The highest BCUT2D eigenvalue weighted by Gasteiger charge is 2.21. The Morgan fingerprint density at radius 3 is 1.36 bits per heavy atom. The van der Waals surface area contributed by atoms with Crippen LogP contribution < -0.4 is 4.90 Å². The first-order valence-electron chi connectivity index (χ1n) is 17.0. The summed E-state index contributed by atoms with van der Waals surface area (Å²) in [5, 5.41) is 7.54. The van der Waals surface area contributed by atoms with Gasteiger partial charge in [0.1, 0.15) is 0 Å². The number of rotatable bonds is 7. The van der Waals surface area contributed by atoms with Crippen molar-refractivity contribution in [2.45, 2.75) is 0 Å². The molecule has 0 aliphatic heterocycles. The van der Waals surface area contributed by atoms with E-state index in [0.717, 1.165) is 55.9 Å². The Morgan fingerprint density at radius 2 is 0.840 bits per heavy atom. The zero-order valence-electron chi connectivity index (χ0n) is 27.4. The molecule has 50 heavy (non-hydrogen) atoms. The maximum absolute atomic E-state index is 5.24. The lowest BCUT2D eigenvalue weighted by Gasteiger charge is -2.28. The minimum atomic E-state index is 0.941. The fourth-order valence-corrected chi connectivity index (χ4v) is 6.95. The second kappa shape index (κ2) is 12.7. The highest BCUT2D eigenvalue weighted by molar-refractivity contribution is 6.09. The van der Waals surface area contributed by atoms with Crippen LogP contribution in [0.2, 0.25) is 0 Å². The van der Waals surface area contributed by atoms with Crippen LogP contribution in [0.15, 0.2) is 200 Å². The first-order chi connectivity index (χ1) is 24.8. The van der Waals surface area contributed by atoms with E-state index < -0.39 is 0 Å². The summed E-state index contributed by atoms with van der Waals surface area (Å²) in [6, 6.07) is 71.0. The predicted octanol–water partition coefficient (Wildman–Crippen LogP) is 12.6. The SMILES string of the molecule is c1ccc(-c2ccc(N(c3ccc(-c4ccccc4)cc3)c3cccc4cc(-c5ccccc5)n5nc(-c6ccccc6)cc5c34)cc2)cc1. The van der Waals surface area contributed by atoms with Crippen molar-refractivity contribution in [3.05, 3.63) is 200 Å². The van der Waals surface area contributed by atoms with E-state index in [2.05, 4.69) is 204 Å². The van der Waals surface area contributed by atoms with E-state index in [1.54, 1.807) is 0 Å². The topological polar surface area (TPSA) is 20.5 Å². The molecule has 3 nitrogen and oxygen atoms in total. The van der Waals surface area contributed by atoms with Crippen LogP contribution in [0.3, 0.4) is 0 Å². The van der Waals surface area contributed by atoms with Crippen molar-refractivity contribution >= 4 is 33.4 Å². The number of aromatic nitrogens is 2. The van der Waals surface area contributed by atoms with Gasteiger partial charge in [0.15, 0.2) is 0 Å². The van der Waals surface area contributed by atoms with Crippen LogP contribution in [0.5, 0.6) is 0 Å². The molecule has 0 bridgehead atoms. The monoisotopic (exact) mass is 639 g/mol. The molecule has 0 spiro atoms. The van der Waals surface area contributed by atoms with E-state index in [9.17, 15) is 0 Å². The predicted molar refractivity (Wildman–Crippen MR) is 209 cm³/mol. The second-order valence-corrected chi connectivity index (χ2v) is 12.5. The Morgan fingerprint density at radius 1 is 0.380 bits per heavy atom. The Balaban J connectivity index is 1.28. The van der Waals surface area contributed by atoms with Gasteiger partial charge in [0, 0.05) is 27.9 Å². The van der Waals surface area contributed by atoms with Crippen LogP contribution in [0.4, 0.5) is 17.1 Å². The summed E-state index contributed by atoms with van der Waals surface area (Å²) in [5.41, 5.74) is 13.3. The van der Waals surface area contributed by atoms with E-state index in [-0.39, 0.29) is 0 Å². The van der Waals surface area contributed by atoms with E-state index >= 15 is 0 Å². The largest absolute Gasteiger partial charge is 0.310 e. The van der Waals surface area contributed by atoms with Crippen molar-refractivity contribution < 1.29 is 0 Å². The van der Waals surface area contributed by atoms with Crippen molar-refractivity contribution in [3.63, 3.8) is 0 Å². The van der Waals surface area contributed by atoms with Crippen LogP contribution in [0.1, 0.15) is 0 Å². The molecular weight excluding hydrogens is 607 g/mol. The average molecular weight is 640 g/mol. The van der Waals surface area contributed by atoms with Crippen molar-refractivity contribution in [1.29, 1.82) is 0 Å². The van der Waals surface area contributed by atoms with E-state index in [0.29, 0.717) is 0 Å². The number of fused-ring (bicyclic) bond motifs is 3. The van der Waals surface area contributed by atoms with Crippen molar-refractivity contribution in [3.8, 4) is 44.8 Å². The van der Waals surface area contributed by atoms with Crippen LogP contribution in [-0.2, 0) is 0 Å². The maximum Gasteiger partial charge on any atom is 0.0934 e. The van der Waals surface area contributed by atoms with Gasteiger partial charge >= 0.3 is 0 Å². The molecule has 0 fully saturated rings. The summed E-state index contributed by atoms with van der Waals surface area (Å²) in [6.45, 7) is 0. The summed E-state index contributed by atoms with van der Waals surface area (Å²) in [7, 11) is 0. The van der Waals surface area contributed by atoms with Crippen LogP contribution >= 0.6 is 0 Å². The number of pyridine rings is 1. The minimum Gasteiger partial charge on any atom is -0.310 e. The van der Waals surface area contributed by atoms with E-state index in [4.69, 9.17) is 5.10 Å². The van der Waals surface area contributed by atoms with Crippen molar-refractivity contribution in [1.82, 2.24) is 9.61 Å². The Labute approximate surface area is 292 Å². The Bertz CT molecular complexity index is 2460. The average Bonchev–Trinajstić information content (AvgIpc) is 3.66. The smallest absolute Gasteiger partial charge is 0.0934 e. The molecule has 0 saturated heterocycles. The molecule has 0 amide bonds. The molecule has 0 radical (unpaired) electrons. The van der Waals surface area contributed by atoms with Gasteiger partial charge in [-0.3, -0.25) is 0 Å². The molecule has 7 aromatic carbocycles. The van der Waals surface area contributed by atoms with E-state index in [1.807, 2.05) is 6.07 Å². The third-order valence-corrected chi connectivity index (χ3v) is 9.41. The lowest BCUT2D eigenvalue weighted by Crippen LogP contribution is -2.11. The molecule has 9 aromatic rings. The highest BCUT2D eigenvalue weighted by atomic mass is 15.2. The molecule has 0 N–H and O–H groups in total.